The summed E-state index contributed by atoms with van der Waals surface area (Å²) in [6.07, 6.45) is 0.648. The van der Waals surface area contributed by atoms with Crippen molar-refractivity contribution in [2.75, 3.05) is 19.6 Å². The molecule has 0 aliphatic carbocycles. The fourth-order valence-corrected chi connectivity index (χ4v) is 3.70. The molecule has 0 bridgehead atoms. The van der Waals surface area contributed by atoms with Crippen molar-refractivity contribution in [3.8, 4) is 0 Å². The van der Waals surface area contributed by atoms with Gasteiger partial charge in [-0.2, -0.15) is 0 Å². The van der Waals surface area contributed by atoms with Crippen molar-refractivity contribution in [1.82, 2.24) is 10.2 Å². The van der Waals surface area contributed by atoms with Gasteiger partial charge in [0.2, 0.25) is 5.91 Å². The van der Waals surface area contributed by atoms with Crippen molar-refractivity contribution >= 4 is 11.8 Å². The summed E-state index contributed by atoms with van der Waals surface area (Å²) >= 11 is 0. The van der Waals surface area contributed by atoms with Crippen LogP contribution in [0.15, 0.2) is 48.5 Å². The number of aryl methyl sites for hydroxylation is 1. The molecule has 1 fully saturated rings. The summed E-state index contributed by atoms with van der Waals surface area (Å²) in [7, 11) is 0. The molecule has 1 aliphatic heterocycles. The van der Waals surface area contributed by atoms with Crippen molar-refractivity contribution in [2.24, 2.45) is 5.92 Å². The first-order valence-electron chi connectivity index (χ1n) is 9.37. The van der Waals surface area contributed by atoms with E-state index in [0.717, 1.165) is 5.56 Å². The lowest BCUT2D eigenvalue weighted by Gasteiger charge is -2.37. The molecule has 3 rings (SSSR count). The maximum absolute atomic E-state index is 13.7. The zero-order chi connectivity index (χ0) is 19.4. The van der Waals surface area contributed by atoms with Crippen molar-refractivity contribution < 1.29 is 14.0 Å². The molecular formula is C22H25FN2O2. The predicted molar refractivity (Wildman–Crippen MR) is 103 cm³/mol. The van der Waals surface area contributed by atoms with Crippen LogP contribution in [-0.2, 0) is 4.79 Å². The molecule has 2 atom stereocenters. The van der Waals surface area contributed by atoms with Crippen molar-refractivity contribution in [2.45, 2.75) is 26.2 Å². The van der Waals surface area contributed by atoms with Crippen LogP contribution in [-0.4, -0.2) is 36.3 Å². The summed E-state index contributed by atoms with van der Waals surface area (Å²) in [6, 6.07) is 14.2. The molecule has 1 saturated heterocycles. The highest BCUT2D eigenvalue weighted by Gasteiger charge is 2.34. The van der Waals surface area contributed by atoms with Crippen LogP contribution >= 0.6 is 0 Å². The summed E-state index contributed by atoms with van der Waals surface area (Å²) in [5.41, 5.74) is 2.16. The molecule has 2 amide bonds. The third-order valence-electron chi connectivity index (χ3n) is 5.13. The van der Waals surface area contributed by atoms with E-state index in [0.29, 0.717) is 37.2 Å². The van der Waals surface area contributed by atoms with Gasteiger partial charge in [-0.05, 0) is 49.6 Å². The van der Waals surface area contributed by atoms with Gasteiger partial charge in [0.05, 0.1) is 5.92 Å². The molecule has 2 aromatic rings. The molecule has 2 aromatic carbocycles. The lowest BCUT2D eigenvalue weighted by atomic mass is 9.83. The average Bonchev–Trinajstić information content (AvgIpc) is 2.70. The molecule has 0 aromatic heterocycles. The van der Waals surface area contributed by atoms with Crippen molar-refractivity contribution in [3.63, 3.8) is 0 Å². The quantitative estimate of drug-likeness (QED) is 0.898. The van der Waals surface area contributed by atoms with Crippen molar-refractivity contribution in [3.05, 3.63) is 71.0 Å². The third-order valence-corrected chi connectivity index (χ3v) is 5.13. The van der Waals surface area contributed by atoms with Crippen LogP contribution in [0.4, 0.5) is 4.39 Å². The number of benzene rings is 2. The van der Waals surface area contributed by atoms with Gasteiger partial charge in [0.25, 0.3) is 5.91 Å². The van der Waals surface area contributed by atoms with Gasteiger partial charge >= 0.3 is 0 Å². The summed E-state index contributed by atoms with van der Waals surface area (Å²) in [6.45, 7) is 5.09. The Morgan fingerprint density at radius 1 is 1.15 bits per heavy atom. The van der Waals surface area contributed by atoms with Gasteiger partial charge in [-0.3, -0.25) is 9.59 Å². The van der Waals surface area contributed by atoms with Crippen molar-refractivity contribution in [1.29, 1.82) is 0 Å². The lowest BCUT2D eigenvalue weighted by Crippen LogP contribution is -2.48. The van der Waals surface area contributed by atoms with Crippen LogP contribution in [0.25, 0.3) is 0 Å². The number of piperidine rings is 1. The molecule has 0 saturated carbocycles. The van der Waals surface area contributed by atoms with E-state index in [9.17, 15) is 14.0 Å². The Balaban J connectivity index is 1.88. The number of hydrogen-bond acceptors (Lipinski definition) is 2. The molecule has 5 heteroatoms. The summed E-state index contributed by atoms with van der Waals surface area (Å²) in [5.74, 6) is -0.632. The molecule has 1 N–H and O–H groups in total. The van der Waals surface area contributed by atoms with Crippen LogP contribution in [0.2, 0.25) is 0 Å². The first kappa shape index (κ1) is 19.1. The number of carbonyl (C=O) groups excluding carboxylic acids is 2. The minimum absolute atomic E-state index is 0.00156. The van der Waals surface area contributed by atoms with Gasteiger partial charge in [-0.1, -0.05) is 30.3 Å². The van der Waals surface area contributed by atoms with Crippen LogP contribution < -0.4 is 5.32 Å². The third kappa shape index (κ3) is 4.35. The Morgan fingerprint density at radius 2 is 1.89 bits per heavy atom. The Bertz CT molecular complexity index is 822. The monoisotopic (exact) mass is 368 g/mol. The van der Waals surface area contributed by atoms with Crippen LogP contribution in [0, 0.1) is 18.7 Å². The largest absolute Gasteiger partial charge is 0.356 e. The molecule has 0 radical (unpaired) electrons. The number of nitrogens with one attached hydrogen (secondary N) is 1. The number of likely N-dealkylation sites (tertiary alicyclic amines) is 1. The molecule has 1 heterocycles. The summed E-state index contributed by atoms with van der Waals surface area (Å²) in [4.78, 5) is 27.2. The number of nitrogens with zero attached hydrogens (tertiary/aromatic N) is 1. The molecule has 4 nitrogen and oxygen atoms in total. The fourth-order valence-electron chi connectivity index (χ4n) is 3.70. The van der Waals surface area contributed by atoms with E-state index >= 15 is 0 Å². The van der Waals surface area contributed by atoms with Gasteiger partial charge in [0, 0.05) is 31.1 Å². The van der Waals surface area contributed by atoms with Gasteiger partial charge < -0.3 is 10.2 Å². The average molecular weight is 368 g/mol. The number of hydrogen-bond donors (Lipinski definition) is 1. The second-order valence-electron chi connectivity index (χ2n) is 7.11. The highest BCUT2D eigenvalue weighted by Crippen LogP contribution is 2.32. The molecule has 142 valence electrons. The Hall–Kier alpha value is -2.69. The minimum atomic E-state index is -0.276. The van der Waals surface area contributed by atoms with E-state index in [2.05, 4.69) is 5.32 Å². The van der Waals surface area contributed by atoms with Gasteiger partial charge in [-0.15, -0.1) is 0 Å². The molecule has 0 unspecified atom stereocenters. The maximum atomic E-state index is 13.7. The van der Waals surface area contributed by atoms with E-state index in [1.165, 1.54) is 6.07 Å². The number of amides is 2. The minimum Gasteiger partial charge on any atom is -0.356 e. The number of halogens is 1. The first-order chi connectivity index (χ1) is 13.0. The summed E-state index contributed by atoms with van der Waals surface area (Å²) in [5, 5.41) is 2.87. The zero-order valence-corrected chi connectivity index (χ0v) is 15.7. The van der Waals surface area contributed by atoms with Gasteiger partial charge in [-0.25, -0.2) is 4.39 Å². The number of carbonyl (C=O) groups is 2. The molecule has 1 aliphatic rings. The second-order valence-corrected chi connectivity index (χ2v) is 7.11. The molecule has 0 spiro atoms. The maximum Gasteiger partial charge on any atom is 0.253 e. The van der Waals surface area contributed by atoms with E-state index < -0.39 is 0 Å². The Labute approximate surface area is 159 Å². The summed E-state index contributed by atoms with van der Waals surface area (Å²) < 4.78 is 13.7. The van der Waals surface area contributed by atoms with Crippen LogP contribution in [0.5, 0.6) is 0 Å². The van der Waals surface area contributed by atoms with E-state index in [1.807, 2.05) is 31.2 Å². The highest BCUT2D eigenvalue weighted by atomic mass is 19.1. The zero-order valence-electron chi connectivity index (χ0n) is 15.7. The normalized spacial score (nSPS) is 19.6. The fraction of sp³-hybridized carbons (Fsp3) is 0.364. The molecule has 27 heavy (non-hydrogen) atoms. The lowest BCUT2D eigenvalue weighted by molar-refractivity contribution is -0.126. The highest BCUT2D eigenvalue weighted by molar-refractivity contribution is 5.94. The number of rotatable bonds is 4. The topological polar surface area (TPSA) is 49.4 Å². The van der Waals surface area contributed by atoms with Crippen LogP contribution in [0.1, 0.15) is 40.7 Å². The second kappa shape index (κ2) is 8.33. The predicted octanol–water partition coefficient (Wildman–Crippen LogP) is 3.52. The molecular weight excluding hydrogens is 343 g/mol. The standard InChI is InChI=1S/C22H25FN2O2/c1-3-24-21(26)19-12-18(17-9-10-20(23)15(2)11-17)13-25(14-19)22(27)16-7-5-4-6-8-16/h4-11,18-19H,3,12-14H2,1-2H3,(H,24,26)/t18-,19+/m0/s1. The smallest absolute Gasteiger partial charge is 0.253 e. The van der Waals surface area contributed by atoms with E-state index in [-0.39, 0.29) is 29.5 Å². The van der Waals surface area contributed by atoms with E-state index in [4.69, 9.17) is 0 Å². The van der Waals surface area contributed by atoms with Gasteiger partial charge in [0.1, 0.15) is 5.82 Å². The SMILES string of the molecule is CCNC(=O)[C@@H]1C[C@H](c2ccc(F)c(C)c2)CN(C(=O)c2ccccc2)C1. The Kier molecular flexibility index (Phi) is 5.89. The Morgan fingerprint density at radius 3 is 2.56 bits per heavy atom. The van der Waals surface area contributed by atoms with E-state index in [1.54, 1.807) is 30.0 Å². The van der Waals surface area contributed by atoms with Gasteiger partial charge in [0.15, 0.2) is 0 Å². The van der Waals surface area contributed by atoms with Crippen LogP contribution in [0.3, 0.4) is 0 Å². The first-order valence-corrected chi connectivity index (χ1v) is 9.37.